The molecule has 2 aromatic heterocycles. The van der Waals surface area contributed by atoms with Crippen molar-refractivity contribution in [1.29, 1.82) is 5.26 Å². The predicted molar refractivity (Wildman–Crippen MR) is 134 cm³/mol. The van der Waals surface area contributed by atoms with Crippen molar-refractivity contribution >= 4 is 49.2 Å². The first-order chi connectivity index (χ1) is 16.9. The zero-order chi connectivity index (χ0) is 24.8. The summed E-state index contributed by atoms with van der Waals surface area (Å²) in [6, 6.07) is 19.1. The lowest BCUT2D eigenvalue weighted by molar-refractivity contribution is -0.112. The van der Waals surface area contributed by atoms with Crippen LogP contribution in [0.25, 0.3) is 17.0 Å². The first-order valence-electron chi connectivity index (χ1n) is 10.7. The molecule has 0 spiro atoms. The Morgan fingerprint density at radius 2 is 1.91 bits per heavy atom. The number of para-hydroxylation sites is 2. The number of anilines is 1. The van der Waals surface area contributed by atoms with Crippen LogP contribution in [-0.4, -0.2) is 41.4 Å². The van der Waals surface area contributed by atoms with Gasteiger partial charge < -0.3 is 9.30 Å². The van der Waals surface area contributed by atoms with Gasteiger partial charge in [0, 0.05) is 22.7 Å². The standard InChI is InChI=1S/C24H21N5O4S2/c1-2-35(31,32)24-28-27-23(34-24)26-22(30)17(15-25)14-18-16-29(21-11-7-6-10-20(18)21)12-13-33-19-8-4-3-5-9-19/h3-11,14,16H,2,12-13H2,1H3,(H,26,27,30)/b17-14-. The lowest BCUT2D eigenvalue weighted by Gasteiger charge is -2.08. The minimum Gasteiger partial charge on any atom is -0.492 e. The van der Waals surface area contributed by atoms with E-state index >= 15 is 0 Å². The summed E-state index contributed by atoms with van der Waals surface area (Å²) in [5.41, 5.74) is 1.48. The second kappa shape index (κ2) is 10.5. The summed E-state index contributed by atoms with van der Waals surface area (Å²) in [7, 11) is -3.53. The van der Waals surface area contributed by atoms with Crippen LogP contribution in [0.5, 0.6) is 5.75 Å². The molecule has 2 heterocycles. The third-order valence-electron chi connectivity index (χ3n) is 5.10. The van der Waals surface area contributed by atoms with Crippen molar-refractivity contribution in [3.8, 4) is 11.8 Å². The highest BCUT2D eigenvalue weighted by Gasteiger charge is 2.20. The molecule has 178 valence electrons. The maximum atomic E-state index is 12.7. The molecule has 2 aromatic carbocycles. The van der Waals surface area contributed by atoms with Crippen LogP contribution in [0, 0.1) is 11.3 Å². The number of sulfone groups is 1. The topological polar surface area (TPSA) is 127 Å². The van der Waals surface area contributed by atoms with Crippen molar-refractivity contribution in [2.75, 3.05) is 17.7 Å². The largest absolute Gasteiger partial charge is 0.492 e. The third-order valence-corrected chi connectivity index (χ3v) is 8.12. The van der Waals surface area contributed by atoms with Crippen molar-refractivity contribution in [3.05, 3.63) is 71.9 Å². The second-order valence-corrected chi connectivity index (χ2v) is 10.8. The van der Waals surface area contributed by atoms with Gasteiger partial charge in [-0.15, -0.1) is 10.2 Å². The Kier molecular flexibility index (Phi) is 7.24. The molecule has 0 saturated heterocycles. The van der Waals surface area contributed by atoms with Gasteiger partial charge >= 0.3 is 0 Å². The van der Waals surface area contributed by atoms with E-state index < -0.39 is 15.7 Å². The number of carbonyl (C=O) groups excluding carboxylic acids is 1. The molecule has 0 bridgehead atoms. The molecule has 9 nitrogen and oxygen atoms in total. The smallest absolute Gasteiger partial charge is 0.268 e. The normalized spacial score (nSPS) is 11.8. The summed E-state index contributed by atoms with van der Waals surface area (Å²) in [6.07, 6.45) is 3.36. The van der Waals surface area contributed by atoms with E-state index in [1.165, 1.54) is 13.0 Å². The lowest BCUT2D eigenvalue weighted by atomic mass is 10.1. The molecule has 4 rings (SSSR count). The van der Waals surface area contributed by atoms with Crippen molar-refractivity contribution < 1.29 is 17.9 Å². The Hall–Kier alpha value is -4.01. The number of amides is 1. The maximum absolute atomic E-state index is 12.7. The fourth-order valence-corrected chi connectivity index (χ4v) is 5.31. The average molecular weight is 508 g/mol. The Labute approximate surface area is 206 Å². The number of fused-ring (bicyclic) bond motifs is 1. The molecule has 0 atom stereocenters. The quantitative estimate of drug-likeness (QED) is 0.207. The van der Waals surface area contributed by atoms with Gasteiger partial charge in [0.2, 0.25) is 19.3 Å². The number of hydrogen-bond donors (Lipinski definition) is 1. The van der Waals surface area contributed by atoms with Crippen LogP contribution in [0.15, 0.2) is 70.7 Å². The number of nitrogens with one attached hydrogen (secondary N) is 1. The van der Waals surface area contributed by atoms with Gasteiger partial charge in [0.1, 0.15) is 24.0 Å². The molecule has 0 fully saturated rings. The van der Waals surface area contributed by atoms with Crippen molar-refractivity contribution in [1.82, 2.24) is 14.8 Å². The van der Waals surface area contributed by atoms with Crippen LogP contribution in [0.2, 0.25) is 0 Å². The van der Waals surface area contributed by atoms with E-state index in [4.69, 9.17) is 4.74 Å². The summed E-state index contributed by atoms with van der Waals surface area (Å²) >= 11 is 0.744. The van der Waals surface area contributed by atoms with Gasteiger partial charge in [-0.3, -0.25) is 10.1 Å². The van der Waals surface area contributed by atoms with Gasteiger partial charge in [-0.25, -0.2) is 8.42 Å². The zero-order valence-corrected chi connectivity index (χ0v) is 20.3. The molecule has 1 N–H and O–H groups in total. The summed E-state index contributed by atoms with van der Waals surface area (Å²) in [5, 5.41) is 20.3. The molecule has 0 aliphatic heterocycles. The number of nitriles is 1. The van der Waals surface area contributed by atoms with Crippen LogP contribution in [0.3, 0.4) is 0 Å². The minimum atomic E-state index is -3.53. The van der Waals surface area contributed by atoms with Gasteiger partial charge in [-0.05, 0) is 24.3 Å². The summed E-state index contributed by atoms with van der Waals surface area (Å²) in [6.45, 7) is 2.50. The summed E-state index contributed by atoms with van der Waals surface area (Å²) in [4.78, 5) is 12.7. The van der Waals surface area contributed by atoms with Gasteiger partial charge in [0.05, 0.1) is 12.3 Å². The van der Waals surface area contributed by atoms with E-state index in [0.717, 1.165) is 28.0 Å². The van der Waals surface area contributed by atoms with E-state index in [0.29, 0.717) is 18.7 Å². The fraction of sp³-hybridized carbons (Fsp3) is 0.167. The Morgan fingerprint density at radius 3 is 2.66 bits per heavy atom. The first kappa shape index (κ1) is 24.1. The Bertz CT molecular complexity index is 1530. The van der Waals surface area contributed by atoms with Crippen molar-refractivity contribution in [3.63, 3.8) is 0 Å². The van der Waals surface area contributed by atoms with Crippen LogP contribution in [0.1, 0.15) is 12.5 Å². The molecule has 35 heavy (non-hydrogen) atoms. The number of carbonyl (C=O) groups is 1. The number of rotatable bonds is 9. The molecule has 4 aromatic rings. The molecule has 0 radical (unpaired) electrons. The summed E-state index contributed by atoms with van der Waals surface area (Å²) in [5.74, 6) is -0.0493. The van der Waals surface area contributed by atoms with Crippen molar-refractivity contribution in [2.45, 2.75) is 17.8 Å². The van der Waals surface area contributed by atoms with Crippen LogP contribution in [0.4, 0.5) is 5.13 Å². The van der Waals surface area contributed by atoms with Gasteiger partial charge in [0.15, 0.2) is 0 Å². The zero-order valence-electron chi connectivity index (χ0n) is 18.7. The molecule has 11 heteroatoms. The summed E-state index contributed by atoms with van der Waals surface area (Å²) < 4.78 is 31.5. The highest BCUT2D eigenvalue weighted by molar-refractivity contribution is 7.93. The molecular weight excluding hydrogens is 486 g/mol. The van der Waals surface area contributed by atoms with E-state index in [9.17, 15) is 18.5 Å². The molecule has 0 saturated carbocycles. The highest BCUT2D eigenvalue weighted by Crippen LogP contribution is 2.25. The maximum Gasteiger partial charge on any atom is 0.268 e. The number of benzene rings is 2. The van der Waals surface area contributed by atoms with E-state index in [-0.39, 0.29) is 20.8 Å². The van der Waals surface area contributed by atoms with Crippen LogP contribution in [-0.2, 0) is 21.2 Å². The third kappa shape index (κ3) is 5.56. The number of nitrogens with zero attached hydrogens (tertiary/aromatic N) is 4. The fourth-order valence-electron chi connectivity index (χ4n) is 3.33. The number of hydrogen-bond acceptors (Lipinski definition) is 8. The molecule has 0 unspecified atom stereocenters. The lowest BCUT2D eigenvalue weighted by Crippen LogP contribution is -2.13. The van der Waals surface area contributed by atoms with E-state index in [1.807, 2.05) is 71.4 Å². The molecular formula is C24H21N5O4S2. The van der Waals surface area contributed by atoms with Crippen LogP contribution < -0.4 is 10.1 Å². The monoisotopic (exact) mass is 507 g/mol. The van der Waals surface area contributed by atoms with Gasteiger partial charge in [-0.1, -0.05) is 54.7 Å². The Morgan fingerprint density at radius 1 is 1.17 bits per heavy atom. The Balaban J connectivity index is 1.54. The average Bonchev–Trinajstić information content (AvgIpc) is 3.48. The van der Waals surface area contributed by atoms with Gasteiger partial charge in [-0.2, -0.15) is 5.26 Å². The number of ether oxygens (including phenoxy) is 1. The number of aromatic nitrogens is 3. The highest BCUT2D eigenvalue weighted by atomic mass is 32.2. The molecule has 0 aliphatic carbocycles. The second-order valence-electron chi connectivity index (χ2n) is 7.36. The van der Waals surface area contributed by atoms with Crippen LogP contribution >= 0.6 is 11.3 Å². The first-order valence-corrected chi connectivity index (χ1v) is 13.1. The SMILES string of the molecule is CCS(=O)(=O)c1nnc(NC(=O)/C(C#N)=C\c2cn(CCOc3ccccc3)c3ccccc23)s1. The minimum absolute atomic E-state index is 0.00339. The molecule has 0 aliphatic rings. The predicted octanol–water partition coefficient (Wildman–Crippen LogP) is 3.91. The van der Waals surface area contributed by atoms with Gasteiger partial charge in [0.25, 0.3) is 5.91 Å². The van der Waals surface area contributed by atoms with Crippen molar-refractivity contribution in [2.24, 2.45) is 0 Å². The molecule has 1 amide bonds. The van der Waals surface area contributed by atoms with E-state index in [2.05, 4.69) is 15.5 Å². The van der Waals surface area contributed by atoms with E-state index in [1.54, 1.807) is 0 Å².